The first kappa shape index (κ1) is 15.4. The summed E-state index contributed by atoms with van der Waals surface area (Å²) in [6.45, 7) is 3.57. The molecule has 0 bridgehead atoms. The van der Waals surface area contributed by atoms with Crippen LogP contribution in [0, 0.1) is 6.92 Å². The minimum atomic E-state index is 0.0901. The highest BCUT2D eigenvalue weighted by Gasteiger charge is 2.16. The summed E-state index contributed by atoms with van der Waals surface area (Å²) in [5.41, 5.74) is 2.83. The van der Waals surface area contributed by atoms with E-state index in [2.05, 4.69) is 15.6 Å². The Hall–Kier alpha value is -1.53. The van der Waals surface area contributed by atoms with Crippen molar-refractivity contribution in [1.82, 2.24) is 15.6 Å². The Morgan fingerprint density at radius 2 is 2.45 bits per heavy atom. The highest BCUT2D eigenvalue weighted by molar-refractivity contribution is 7.99. The fraction of sp³-hybridized carbons (Fsp3) is 0.500. The number of aromatic nitrogens is 1. The second kappa shape index (κ2) is 7.15. The van der Waals surface area contributed by atoms with Gasteiger partial charge in [-0.2, -0.15) is 11.8 Å². The standard InChI is InChI=1S/C16H21N3O2S/c1-11-3-2-4-13-16(11)19-15(21-13)5-6-18-14(20)9-12-10-22-8-7-17-12/h2-4,12,17H,5-10H2,1H3,(H,18,20). The van der Waals surface area contributed by atoms with Gasteiger partial charge in [-0.15, -0.1) is 0 Å². The molecule has 1 aromatic carbocycles. The third-order valence-electron chi connectivity index (χ3n) is 3.76. The van der Waals surface area contributed by atoms with Crippen molar-refractivity contribution < 1.29 is 9.21 Å². The topological polar surface area (TPSA) is 67.2 Å². The molecule has 0 spiro atoms. The Bertz CT molecular complexity index is 650. The summed E-state index contributed by atoms with van der Waals surface area (Å²) in [5.74, 6) is 2.91. The van der Waals surface area contributed by atoms with E-state index >= 15 is 0 Å². The molecule has 1 unspecified atom stereocenters. The quantitative estimate of drug-likeness (QED) is 0.881. The van der Waals surface area contributed by atoms with Crippen molar-refractivity contribution in [2.75, 3.05) is 24.6 Å². The van der Waals surface area contributed by atoms with E-state index in [1.54, 1.807) is 0 Å². The average Bonchev–Trinajstić information content (AvgIpc) is 2.93. The Morgan fingerprint density at radius 1 is 1.55 bits per heavy atom. The summed E-state index contributed by atoms with van der Waals surface area (Å²) < 4.78 is 5.70. The first-order chi connectivity index (χ1) is 10.7. The van der Waals surface area contributed by atoms with Gasteiger partial charge in [0.2, 0.25) is 5.91 Å². The molecule has 3 rings (SSSR count). The molecule has 0 aliphatic carbocycles. The number of amides is 1. The number of para-hydroxylation sites is 1. The molecule has 22 heavy (non-hydrogen) atoms. The molecular formula is C16H21N3O2S. The Kier molecular flexibility index (Phi) is 5.00. The molecule has 0 saturated carbocycles. The normalized spacial score (nSPS) is 18.5. The van der Waals surface area contributed by atoms with Gasteiger partial charge in [-0.05, 0) is 18.6 Å². The van der Waals surface area contributed by atoms with E-state index in [9.17, 15) is 4.79 Å². The van der Waals surface area contributed by atoms with Crippen LogP contribution in [0.3, 0.4) is 0 Å². The van der Waals surface area contributed by atoms with E-state index in [1.165, 1.54) is 0 Å². The molecule has 2 N–H and O–H groups in total. The van der Waals surface area contributed by atoms with Gasteiger partial charge in [-0.1, -0.05) is 12.1 Å². The highest BCUT2D eigenvalue weighted by Crippen LogP contribution is 2.18. The number of hydrogen-bond acceptors (Lipinski definition) is 5. The van der Waals surface area contributed by atoms with Crippen molar-refractivity contribution in [3.8, 4) is 0 Å². The largest absolute Gasteiger partial charge is 0.441 e. The van der Waals surface area contributed by atoms with Crippen LogP contribution in [-0.4, -0.2) is 41.5 Å². The van der Waals surface area contributed by atoms with Gasteiger partial charge >= 0.3 is 0 Å². The monoisotopic (exact) mass is 319 g/mol. The number of fused-ring (bicyclic) bond motifs is 1. The first-order valence-corrected chi connectivity index (χ1v) is 8.81. The molecule has 118 valence electrons. The van der Waals surface area contributed by atoms with Crippen LogP contribution in [0.2, 0.25) is 0 Å². The maximum atomic E-state index is 11.9. The SMILES string of the molecule is Cc1cccc2oc(CCNC(=O)CC3CSCCN3)nc12. The van der Waals surface area contributed by atoms with E-state index in [0.29, 0.717) is 31.3 Å². The van der Waals surface area contributed by atoms with E-state index in [0.717, 1.165) is 34.7 Å². The number of carbonyl (C=O) groups is 1. The summed E-state index contributed by atoms with van der Waals surface area (Å²) in [5, 5.41) is 6.32. The van der Waals surface area contributed by atoms with Crippen LogP contribution >= 0.6 is 11.8 Å². The summed E-state index contributed by atoms with van der Waals surface area (Å²) in [4.78, 5) is 16.4. The molecular weight excluding hydrogens is 298 g/mol. The maximum absolute atomic E-state index is 11.9. The number of carbonyl (C=O) groups excluding carboxylic acids is 1. The second-order valence-corrected chi connectivity index (χ2v) is 6.71. The molecule has 6 heteroatoms. The second-order valence-electron chi connectivity index (χ2n) is 5.56. The molecule has 1 atom stereocenters. The molecule has 1 aromatic heterocycles. The molecule has 1 saturated heterocycles. The zero-order chi connectivity index (χ0) is 15.4. The van der Waals surface area contributed by atoms with Gasteiger partial charge in [0.1, 0.15) is 5.52 Å². The van der Waals surface area contributed by atoms with Crippen molar-refractivity contribution in [2.45, 2.75) is 25.8 Å². The van der Waals surface area contributed by atoms with E-state index in [-0.39, 0.29) is 5.91 Å². The van der Waals surface area contributed by atoms with Gasteiger partial charge in [-0.3, -0.25) is 4.79 Å². The van der Waals surface area contributed by atoms with Crippen LogP contribution in [0.1, 0.15) is 17.9 Å². The number of hydrogen-bond donors (Lipinski definition) is 2. The molecule has 2 heterocycles. The molecule has 1 aliphatic heterocycles. The fourth-order valence-corrected chi connectivity index (χ4v) is 3.54. The molecule has 1 amide bonds. The minimum Gasteiger partial charge on any atom is -0.441 e. The van der Waals surface area contributed by atoms with E-state index in [4.69, 9.17) is 4.42 Å². The molecule has 0 radical (unpaired) electrons. The number of oxazole rings is 1. The molecule has 2 aromatic rings. The van der Waals surface area contributed by atoms with Crippen LogP contribution in [0.5, 0.6) is 0 Å². The minimum absolute atomic E-state index is 0.0901. The van der Waals surface area contributed by atoms with Crippen LogP contribution in [-0.2, 0) is 11.2 Å². The van der Waals surface area contributed by atoms with Gasteiger partial charge in [-0.25, -0.2) is 4.98 Å². The summed E-state index contributed by atoms with van der Waals surface area (Å²) in [6, 6.07) is 6.20. The third-order valence-corrected chi connectivity index (χ3v) is 4.89. The Balaban J connectivity index is 1.47. The van der Waals surface area contributed by atoms with E-state index in [1.807, 2.05) is 36.9 Å². The lowest BCUT2D eigenvalue weighted by Gasteiger charge is -2.22. The lowest BCUT2D eigenvalue weighted by molar-refractivity contribution is -0.121. The number of nitrogens with one attached hydrogen (secondary N) is 2. The smallest absolute Gasteiger partial charge is 0.221 e. The highest BCUT2D eigenvalue weighted by atomic mass is 32.2. The van der Waals surface area contributed by atoms with Gasteiger partial charge < -0.3 is 15.1 Å². The summed E-state index contributed by atoms with van der Waals surface area (Å²) >= 11 is 1.90. The fourth-order valence-electron chi connectivity index (χ4n) is 2.59. The lowest BCUT2D eigenvalue weighted by atomic mass is 10.2. The van der Waals surface area contributed by atoms with Crippen LogP contribution < -0.4 is 10.6 Å². The Morgan fingerprint density at radius 3 is 3.23 bits per heavy atom. The average molecular weight is 319 g/mol. The number of aryl methyl sites for hydroxylation is 1. The molecule has 5 nitrogen and oxygen atoms in total. The summed E-state index contributed by atoms with van der Waals surface area (Å²) in [7, 11) is 0. The van der Waals surface area contributed by atoms with Gasteiger partial charge in [0.15, 0.2) is 11.5 Å². The Labute approximate surface area is 134 Å². The van der Waals surface area contributed by atoms with Crippen molar-refractivity contribution in [1.29, 1.82) is 0 Å². The van der Waals surface area contributed by atoms with Crippen LogP contribution in [0.15, 0.2) is 22.6 Å². The predicted octanol–water partition coefficient (Wildman–Crippen LogP) is 1.89. The number of rotatable bonds is 5. The first-order valence-electron chi connectivity index (χ1n) is 7.65. The van der Waals surface area contributed by atoms with Crippen LogP contribution in [0.25, 0.3) is 11.1 Å². The van der Waals surface area contributed by atoms with E-state index < -0.39 is 0 Å². The van der Waals surface area contributed by atoms with Crippen molar-refractivity contribution >= 4 is 28.8 Å². The van der Waals surface area contributed by atoms with Crippen molar-refractivity contribution in [2.24, 2.45) is 0 Å². The zero-order valence-electron chi connectivity index (χ0n) is 12.7. The third kappa shape index (κ3) is 3.81. The van der Waals surface area contributed by atoms with Gasteiger partial charge in [0.25, 0.3) is 0 Å². The maximum Gasteiger partial charge on any atom is 0.221 e. The van der Waals surface area contributed by atoms with Crippen molar-refractivity contribution in [3.05, 3.63) is 29.7 Å². The van der Waals surface area contributed by atoms with Crippen molar-refractivity contribution in [3.63, 3.8) is 0 Å². The molecule has 1 fully saturated rings. The number of benzene rings is 1. The predicted molar refractivity (Wildman–Crippen MR) is 89.2 cm³/mol. The van der Waals surface area contributed by atoms with Gasteiger partial charge in [0.05, 0.1) is 0 Å². The van der Waals surface area contributed by atoms with Crippen LogP contribution in [0.4, 0.5) is 0 Å². The zero-order valence-corrected chi connectivity index (χ0v) is 13.5. The number of thioether (sulfide) groups is 1. The molecule has 1 aliphatic rings. The number of nitrogens with zero attached hydrogens (tertiary/aromatic N) is 1. The van der Waals surface area contributed by atoms with Gasteiger partial charge in [0, 0.05) is 43.5 Å². The summed E-state index contributed by atoms with van der Waals surface area (Å²) in [6.07, 6.45) is 1.16. The lowest BCUT2D eigenvalue weighted by Crippen LogP contribution is -2.41.